The van der Waals surface area contributed by atoms with Crippen molar-refractivity contribution >= 4 is 45.9 Å². The molecule has 0 aliphatic rings. The molecule has 2 aromatic rings. The van der Waals surface area contributed by atoms with E-state index in [0.717, 1.165) is 41.5 Å². The lowest BCUT2D eigenvalue weighted by Crippen LogP contribution is -2.19. The summed E-state index contributed by atoms with van der Waals surface area (Å²) in [5.41, 5.74) is 1.78. The fraction of sp³-hybridized carbons (Fsp3) is 0.375. The van der Waals surface area contributed by atoms with Crippen LogP contribution in [0.3, 0.4) is 0 Å². The fourth-order valence-electron chi connectivity index (χ4n) is 1.95. The summed E-state index contributed by atoms with van der Waals surface area (Å²) in [6.07, 6.45) is 2.35. The number of rotatable bonds is 8. The van der Waals surface area contributed by atoms with E-state index < -0.39 is 17.3 Å². The van der Waals surface area contributed by atoms with E-state index in [1.165, 1.54) is 0 Å². The molecule has 0 saturated heterocycles. The lowest BCUT2D eigenvalue weighted by atomic mass is 10.2. The number of aryl methyl sites for hydroxylation is 1. The number of carboxylic acids is 1. The van der Waals surface area contributed by atoms with Crippen LogP contribution in [-0.4, -0.2) is 32.6 Å². The van der Waals surface area contributed by atoms with Crippen molar-refractivity contribution in [2.75, 3.05) is 10.6 Å². The number of hydrogen-bond acceptors (Lipinski definition) is 6. The third-order valence-electron chi connectivity index (χ3n) is 3.27. The van der Waals surface area contributed by atoms with Crippen LogP contribution in [-0.2, 0) is 4.79 Å². The third kappa shape index (κ3) is 6.35. The van der Waals surface area contributed by atoms with Crippen molar-refractivity contribution in [1.29, 1.82) is 0 Å². The molecule has 1 aromatic heterocycles. The van der Waals surface area contributed by atoms with Gasteiger partial charge in [-0.25, -0.2) is 4.79 Å². The van der Waals surface area contributed by atoms with E-state index in [1.807, 2.05) is 38.1 Å². The van der Waals surface area contributed by atoms with Crippen LogP contribution in [0.2, 0.25) is 0 Å². The Bertz CT molecular complexity index is 718. The van der Waals surface area contributed by atoms with E-state index in [9.17, 15) is 14.7 Å². The maximum absolute atomic E-state index is 12.0. The highest BCUT2D eigenvalue weighted by molar-refractivity contribution is 8.02. The first-order chi connectivity index (χ1) is 12.0. The van der Waals surface area contributed by atoms with Crippen molar-refractivity contribution in [2.24, 2.45) is 0 Å². The van der Waals surface area contributed by atoms with Crippen molar-refractivity contribution < 1.29 is 14.7 Å². The van der Waals surface area contributed by atoms with Crippen LogP contribution in [0.1, 0.15) is 31.7 Å². The summed E-state index contributed by atoms with van der Waals surface area (Å²) in [4.78, 5) is 23.2. The smallest absolute Gasteiger partial charge is 0.325 e. The number of carbonyl (C=O) groups is 2. The Hall–Kier alpha value is -2.13. The number of nitrogens with one attached hydrogen (secondary N) is 2. The standard InChI is InChI=1S/C16H20N4O3S2/c1-3-4-5-12(13(21)22)24-16-20-19-15(25-16)18-14(23)17-11-8-6-10(2)7-9-11/h6-9,12H,3-5H2,1-2H3,(H,21,22)(H2,17,18,19,23)/t12-/m0/s1. The molecule has 0 bridgehead atoms. The van der Waals surface area contributed by atoms with Gasteiger partial charge in [-0.1, -0.05) is 60.6 Å². The van der Waals surface area contributed by atoms with Crippen molar-refractivity contribution in [3.05, 3.63) is 29.8 Å². The van der Waals surface area contributed by atoms with Gasteiger partial charge < -0.3 is 10.4 Å². The molecule has 134 valence electrons. The maximum Gasteiger partial charge on any atom is 0.325 e. The highest BCUT2D eigenvalue weighted by Gasteiger charge is 2.21. The van der Waals surface area contributed by atoms with E-state index in [0.29, 0.717) is 21.6 Å². The van der Waals surface area contributed by atoms with E-state index in [1.54, 1.807) is 0 Å². The summed E-state index contributed by atoms with van der Waals surface area (Å²) >= 11 is 2.32. The number of carbonyl (C=O) groups excluding carboxylic acids is 1. The predicted octanol–water partition coefficient (Wildman–Crippen LogP) is 4.23. The van der Waals surface area contributed by atoms with Gasteiger partial charge in [0.2, 0.25) is 5.13 Å². The summed E-state index contributed by atoms with van der Waals surface area (Å²) in [6.45, 7) is 3.98. The molecule has 0 aliphatic heterocycles. The lowest BCUT2D eigenvalue weighted by Gasteiger charge is -2.08. The van der Waals surface area contributed by atoms with Gasteiger partial charge in [-0.3, -0.25) is 10.1 Å². The lowest BCUT2D eigenvalue weighted by molar-refractivity contribution is -0.136. The Morgan fingerprint density at radius 3 is 2.60 bits per heavy atom. The summed E-state index contributed by atoms with van der Waals surface area (Å²) in [5, 5.41) is 22.2. The van der Waals surface area contributed by atoms with Gasteiger partial charge in [-0.2, -0.15) is 0 Å². The average Bonchev–Trinajstić information content (AvgIpc) is 3.00. The molecule has 2 rings (SSSR count). The molecule has 0 radical (unpaired) electrons. The summed E-state index contributed by atoms with van der Waals surface area (Å²) in [7, 11) is 0. The first kappa shape index (κ1) is 19.2. The number of nitrogens with zero attached hydrogens (tertiary/aromatic N) is 2. The molecule has 25 heavy (non-hydrogen) atoms. The molecule has 0 unspecified atom stereocenters. The van der Waals surface area contributed by atoms with Gasteiger partial charge in [-0.05, 0) is 25.5 Å². The van der Waals surface area contributed by atoms with Gasteiger partial charge in [0.1, 0.15) is 5.25 Å². The second-order valence-electron chi connectivity index (χ2n) is 5.41. The monoisotopic (exact) mass is 380 g/mol. The number of benzene rings is 1. The Morgan fingerprint density at radius 1 is 1.24 bits per heavy atom. The van der Waals surface area contributed by atoms with Gasteiger partial charge in [0, 0.05) is 5.69 Å². The molecular weight excluding hydrogens is 360 g/mol. The number of hydrogen-bond donors (Lipinski definition) is 3. The highest BCUT2D eigenvalue weighted by atomic mass is 32.2. The topological polar surface area (TPSA) is 104 Å². The predicted molar refractivity (Wildman–Crippen MR) is 101 cm³/mol. The second kappa shape index (κ2) is 9.38. The number of aliphatic carboxylic acids is 1. The zero-order valence-corrected chi connectivity index (χ0v) is 15.6. The molecule has 0 aliphatic carbocycles. The summed E-state index contributed by atoms with van der Waals surface area (Å²) in [6, 6.07) is 7.00. The van der Waals surface area contributed by atoms with Crippen molar-refractivity contribution in [2.45, 2.75) is 42.7 Å². The minimum Gasteiger partial charge on any atom is -0.480 e. The number of thioether (sulfide) groups is 1. The molecule has 1 atom stereocenters. The van der Waals surface area contributed by atoms with Crippen LogP contribution >= 0.6 is 23.1 Å². The van der Waals surface area contributed by atoms with E-state index >= 15 is 0 Å². The van der Waals surface area contributed by atoms with E-state index in [4.69, 9.17) is 0 Å². The minimum atomic E-state index is -0.861. The highest BCUT2D eigenvalue weighted by Crippen LogP contribution is 2.31. The Balaban J connectivity index is 1.90. The Labute approximate surface area is 154 Å². The Kier molecular flexibility index (Phi) is 7.20. The third-order valence-corrected chi connectivity index (χ3v) is 5.45. The van der Waals surface area contributed by atoms with Gasteiger partial charge >= 0.3 is 12.0 Å². The normalized spacial score (nSPS) is 11.8. The van der Waals surface area contributed by atoms with E-state index in [-0.39, 0.29) is 0 Å². The molecule has 9 heteroatoms. The zero-order valence-electron chi connectivity index (χ0n) is 14.0. The largest absolute Gasteiger partial charge is 0.480 e. The number of unbranched alkanes of at least 4 members (excludes halogenated alkanes) is 1. The molecule has 0 spiro atoms. The number of amides is 2. The molecule has 1 heterocycles. The quantitative estimate of drug-likeness (QED) is 0.468. The van der Waals surface area contributed by atoms with Crippen LogP contribution in [0.5, 0.6) is 0 Å². The molecule has 1 aromatic carbocycles. The van der Waals surface area contributed by atoms with Gasteiger partial charge in [0.25, 0.3) is 0 Å². The fourth-order valence-corrected chi connectivity index (χ4v) is 3.92. The average molecular weight is 380 g/mol. The SMILES string of the molecule is CCCC[C@H](Sc1nnc(NC(=O)Nc2ccc(C)cc2)s1)C(=O)O. The number of carboxylic acid groups (broad SMARTS) is 1. The summed E-state index contributed by atoms with van der Waals surface area (Å²) < 4.78 is 0.522. The van der Waals surface area contributed by atoms with Crippen LogP contribution in [0.4, 0.5) is 15.6 Å². The van der Waals surface area contributed by atoms with Crippen molar-refractivity contribution in [1.82, 2.24) is 10.2 Å². The second-order valence-corrected chi connectivity index (χ2v) is 7.83. The summed E-state index contributed by atoms with van der Waals surface area (Å²) in [5.74, 6) is -0.861. The maximum atomic E-state index is 12.0. The molecule has 2 amide bonds. The number of urea groups is 1. The first-order valence-corrected chi connectivity index (χ1v) is 9.55. The van der Waals surface area contributed by atoms with Gasteiger partial charge in [0.05, 0.1) is 0 Å². The van der Waals surface area contributed by atoms with Crippen LogP contribution in [0, 0.1) is 6.92 Å². The number of aromatic nitrogens is 2. The van der Waals surface area contributed by atoms with E-state index in [2.05, 4.69) is 20.8 Å². The molecule has 0 fully saturated rings. The van der Waals surface area contributed by atoms with Crippen LogP contribution < -0.4 is 10.6 Å². The van der Waals surface area contributed by atoms with Crippen LogP contribution in [0.15, 0.2) is 28.6 Å². The Morgan fingerprint density at radius 2 is 1.96 bits per heavy atom. The molecule has 0 saturated carbocycles. The molecule has 7 nitrogen and oxygen atoms in total. The van der Waals surface area contributed by atoms with Gasteiger partial charge in [0.15, 0.2) is 4.34 Å². The number of anilines is 2. The first-order valence-electron chi connectivity index (χ1n) is 7.85. The zero-order chi connectivity index (χ0) is 18.2. The molecular formula is C16H20N4O3S2. The van der Waals surface area contributed by atoms with Gasteiger partial charge in [-0.15, -0.1) is 10.2 Å². The van der Waals surface area contributed by atoms with Crippen molar-refractivity contribution in [3.8, 4) is 0 Å². The van der Waals surface area contributed by atoms with Crippen molar-refractivity contribution in [3.63, 3.8) is 0 Å². The molecule has 3 N–H and O–H groups in total. The minimum absolute atomic E-state index is 0.326. The van der Waals surface area contributed by atoms with Crippen LogP contribution in [0.25, 0.3) is 0 Å².